The van der Waals surface area contributed by atoms with Gasteiger partial charge in [-0.25, -0.2) is 0 Å². The van der Waals surface area contributed by atoms with Crippen molar-refractivity contribution < 1.29 is 9.34 Å². The van der Waals surface area contributed by atoms with Crippen LogP contribution in [0.2, 0.25) is 0 Å². The topological polar surface area (TPSA) is 69.2 Å². The summed E-state index contributed by atoms with van der Waals surface area (Å²) < 4.78 is 5.14. The molecule has 0 N–H and O–H groups in total. The molecule has 0 amide bonds. The van der Waals surface area contributed by atoms with Crippen molar-refractivity contribution in [3.05, 3.63) is 58.3 Å². The maximum absolute atomic E-state index is 10.4. The molecule has 5 heteroatoms. The molecule has 2 aromatic heterocycles. The van der Waals surface area contributed by atoms with E-state index in [-0.39, 0.29) is 5.69 Å². The maximum atomic E-state index is 10.4. The lowest BCUT2D eigenvalue weighted by Crippen LogP contribution is -1.93. The minimum absolute atomic E-state index is 0.00167. The highest BCUT2D eigenvalue weighted by atomic mass is 16.6. The normalized spacial score (nSPS) is 10.1. The summed E-state index contributed by atoms with van der Waals surface area (Å²) in [6.45, 7) is 0. The minimum Gasteiger partial charge on any atom is -0.469 e. The van der Waals surface area contributed by atoms with Gasteiger partial charge in [0.05, 0.1) is 11.2 Å². The van der Waals surface area contributed by atoms with Gasteiger partial charge < -0.3 is 4.42 Å². The van der Waals surface area contributed by atoms with Crippen molar-refractivity contribution in [2.45, 2.75) is 6.42 Å². The zero-order valence-electron chi connectivity index (χ0n) is 7.79. The first-order valence-electron chi connectivity index (χ1n) is 4.37. The summed E-state index contributed by atoms with van der Waals surface area (Å²) in [5.41, 5.74) is 0.744. The molecule has 76 valence electrons. The van der Waals surface area contributed by atoms with Gasteiger partial charge in [-0.05, 0) is 18.2 Å². The van der Waals surface area contributed by atoms with Crippen molar-refractivity contribution in [3.63, 3.8) is 0 Å². The van der Waals surface area contributed by atoms with Gasteiger partial charge in [0, 0.05) is 18.2 Å². The predicted molar refractivity (Wildman–Crippen MR) is 52.4 cm³/mol. The Morgan fingerprint density at radius 3 is 2.80 bits per heavy atom. The third-order valence-corrected chi connectivity index (χ3v) is 1.96. The molecular formula is C10H8N2O3. The van der Waals surface area contributed by atoms with E-state index in [1.165, 1.54) is 12.3 Å². The summed E-state index contributed by atoms with van der Waals surface area (Å²) in [5, 5.41) is 10.4. The molecule has 0 fully saturated rings. The molecule has 0 aromatic carbocycles. The van der Waals surface area contributed by atoms with Crippen LogP contribution in [-0.2, 0) is 6.42 Å². The van der Waals surface area contributed by atoms with E-state index in [0.29, 0.717) is 6.42 Å². The van der Waals surface area contributed by atoms with Gasteiger partial charge in [-0.1, -0.05) is 0 Å². The molecule has 0 aliphatic heterocycles. The fraction of sp³-hybridized carbons (Fsp3) is 0.100. The first-order chi connectivity index (χ1) is 7.25. The third kappa shape index (κ3) is 2.19. The molecule has 0 aliphatic carbocycles. The fourth-order valence-electron chi connectivity index (χ4n) is 1.22. The van der Waals surface area contributed by atoms with E-state index in [2.05, 4.69) is 4.98 Å². The van der Waals surface area contributed by atoms with Crippen LogP contribution in [0.25, 0.3) is 0 Å². The van der Waals surface area contributed by atoms with Crippen molar-refractivity contribution in [1.29, 1.82) is 0 Å². The zero-order chi connectivity index (χ0) is 10.7. The van der Waals surface area contributed by atoms with Crippen molar-refractivity contribution in [1.82, 2.24) is 4.98 Å². The Balaban J connectivity index is 2.14. The lowest BCUT2D eigenvalue weighted by atomic mass is 10.2. The Bertz CT molecular complexity index is 448. The van der Waals surface area contributed by atoms with Crippen LogP contribution in [0.4, 0.5) is 5.69 Å². The number of hydrogen-bond donors (Lipinski definition) is 0. The van der Waals surface area contributed by atoms with Gasteiger partial charge in [-0.15, -0.1) is 0 Å². The molecule has 15 heavy (non-hydrogen) atoms. The highest BCUT2D eigenvalue weighted by Crippen LogP contribution is 2.12. The second-order valence-electron chi connectivity index (χ2n) is 3.02. The second kappa shape index (κ2) is 3.91. The molecule has 0 saturated carbocycles. The van der Waals surface area contributed by atoms with E-state index in [1.807, 2.05) is 6.07 Å². The number of nitro groups is 1. The summed E-state index contributed by atoms with van der Waals surface area (Å²) in [4.78, 5) is 13.9. The first-order valence-corrected chi connectivity index (χ1v) is 4.37. The standard InChI is InChI=1S/C10H8N2O3/c13-12(14)9-4-3-8(11-7-9)6-10-2-1-5-15-10/h1-5,7H,6H2. The van der Waals surface area contributed by atoms with Gasteiger partial charge in [0.2, 0.25) is 0 Å². The minimum atomic E-state index is -0.469. The van der Waals surface area contributed by atoms with E-state index in [9.17, 15) is 10.1 Å². The van der Waals surface area contributed by atoms with Gasteiger partial charge in [-0.2, -0.15) is 0 Å². The predicted octanol–water partition coefficient (Wildman–Crippen LogP) is 2.17. The highest BCUT2D eigenvalue weighted by molar-refractivity contribution is 5.27. The van der Waals surface area contributed by atoms with Crippen LogP contribution in [-0.4, -0.2) is 9.91 Å². The van der Waals surface area contributed by atoms with E-state index in [0.717, 1.165) is 11.5 Å². The molecule has 0 spiro atoms. The number of hydrogen-bond acceptors (Lipinski definition) is 4. The molecule has 0 saturated heterocycles. The third-order valence-electron chi connectivity index (χ3n) is 1.96. The monoisotopic (exact) mass is 204 g/mol. The Morgan fingerprint density at radius 1 is 1.40 bits per heavy atom. The molecule has 2 rings (SSSR count). The maximum Gasteiger partial charge on any atom is 0.287 e. The van der Waals surface area contributed by atoms with Crippen LogP contribution >= 0.6 is 0 Å². The van der Waals surface area contributed by atoms with Crippen molar-refractivity contribution >= 4 is 5.69 Å². The summed E-state index contributed by atoms with van der Waals surface area (Å²) in [6, 6.07) is 6.69. The number of nitrogens with zero attached hydrogens (tertiary/aromatic N) is 2. The highest BCUT2D eigenvalue weighted by Gasteiger charge is 2.06. The van der Waals surface area contributed by atoms with Crippen LogP contribution in [0.3, 0.4) is 0 Å². The molecule has 5 nitrogen and oxygen atoms in total. The molecule has 0 bridgehead atoms. The summed E-state index contributed by atoms with van der Waals surface area (Å²) in [5.74, 6) is 0.788. The fourth-order valence-corrected chi connectivity index (χ4v) is 1.22. The molecule has 2 aromatic rings. The molecule has 0 radical (unpaired) electrons. The van der Waals surface area contributed by atoms with Gasteiger partial charge in [0.15, 0.2) is 0 Å². The molecule has 0 unspecified atom stereocenters. The van der Waals surface area contributed by atoms with Crippen LogP contribution in [0.1, 0.15) is 11.5 Å². The zero-order valence-corrected chi connectivity index (χ0v) is 7.79. The number of aromatic nitrogens is 1. The van der Waals surface area contributed by atoms with Gasteiger partial charge in [-0.3, -0.25) is 15.1 Å². The Hall–Kier alpha value is -2.17. The summed E-state index contributed by atoms with van der Waals surface area (Å²) in [7, 11) is 0. The Kier molecular flexibility index (Phi) is 2.45. The average molecular weight is 204 g/mol. The van der Waals surface area contributed by atoms with Crippen LogP contribution in [0.15, 0.2) is 41.1 Å². The second-order valence-corrected chi connectivity index (χ2v) is 3.02. The Labute approximate surface area is 85.5 Å². The van der Waals surface area contributed by atoms with Crippen molar-refractivity contribution in [2.75, 3.05) is 0 Å². The average Bonchev–Trinajstić information content (AvgIpc) is 2.71. The van der Waals surface area contributed by atoms with E-state index in [1.54, 1.807) is 18.4 Å². The van der Waals surface area contributed by atoms with Crippen LogP contribution < -0.4 is 0 Å². The van der Waals surface area contributed by atoms with Gasteiger partial charge in [0.25, 0.3) is 5.69 Å². The first kappa shape index (κ1) is 9.39. The van der Waals surface area contributed by atoms with Gasteiger partial charge in [0.1, 0.15) is 12.0 Å². The lowest BCUT2D eigenvalue weighted by Gasteiger charge is -1.96. The van der Waals surface area contributed by atoms with E-state index >= 15 is 0 Å². The number of rotatable bonds is 3. The molecular weight excluding hydrogens is 196 g/mol. The quantitative estimate of drug-likeness (QED) is 0.567. The number of pyridine rings is 1. The van der Waals surface area contributed by atoms with E-state index < -0.39 is 4.92 Å². The molecule has 0 aliphatic rings. The number of furan rings is 1. The van der Waals surface area contributed by atoms with E-state index in [4.69, 9.17) is 4.42 Å². The Morgan fingerprint density at radius 2 is 2.27 bits per heavy atom. The summed E-state index contributed by atoms with van der Waals surface area (Å²) in [6.07, 6.45) is 3.38. The van der Waals surface area contributed by atoms with Crippen molar-refractivity contribution in [2.24, 2.45) is 0 Å². The van der Waals surface area contributed by atoms with Crippen molar-refractivity contribution in [3.8, 4) is 0 Å². The lowest BCUT2D eigenvalue weighted by molar-refractivity contribution is -0.385. The molecule has 0 atom stereocenters. The van der Waals surface area contributed by atoms with Crippen LogP contribution in [0.5, 0.6) is 0 Å². The summed E-state index contributed by atoms with van der Waals surface area (Å²) >= 11 is 0. The van der Waals surface area contributed by atoms with Gasteiger partial charge >= 0.3 is 0 Å². The molecule has 2 heterocycles. The smallest absolute Gasteiger partial charge is 0.287 e. The largest absolute Gasteiger partial charge is 0.469 e. The van der Waals surface area contributed by atoms with Crippen LogP contribution in [0, 0.1) is 10.1 Å². The SMILES string of the molecule is O=[N+]([O-])c1ccc(Cc2ccco2)nc1.